The molecule has 2 nitrogen and oxygen atoms in total. The minimum atomic E-state index is 0.463. The molecule has 0 amide bonds. The van der Waals surface area contributed by atoms with E-state index in [1.165, 1.54) is 11.1 Å². The molecule has 0 saturated carbocycles. The van der Waals surface area contributed by atoms with Gasteiger partial charge in [-0.3, -0.25) is 9.80 Å². The summed E-state index contributed by atoms with van der Waals surface area (Å²) in [7, 11) is 0. The molecule has 1 saturated heterocycles. The highest BCUT2D eigenvalue weighted by Gasteiger charge is 2.39. The van der Waals surface area contributed by atoms with E-state index in [-0.39, 0.29) is 0 Å². The summed E-state index contributed by atoms with van der Waals surface area (Å²) in [6.45, 7) is 9.10. The standard InChI is InChI=1S/C20H26N2/c1-16-17(2)22(15-20-12-8-5-9-13-20)18(3)21(16)14-19-10-6-4-7-11-19/h4-13,16-18H,14-15H2,1-3H3. The van der Waals surface area contributed by atoms with Crippen LogP contribution in [0.1, 0.15) is 31.9 Å². The highest BCUT2D eigenvalue weighted by atomic mass is 15.4. The molecule has 2 heteroatoms. The van der Waals surface area contributed by atoms with Crippen LogP contribution >= 0.6 is 0 Å². The summed E-state index contributed by atoms with van der Waals surface area (Å²) < 4.78 is 0. The van der Waals surface area contributed by atoms with Gasteiger partial charge in [0.05, 0.1) is 6.17 Å². The summed E-state index contributed by atoms with van der Waals surface area (Å²) in [6.07, 6.45) is 0.463. The van der Waals surface area contributed by atoms with Crippen LogP contribution in [-0.2, 0) is 13.1 Å². The fraction of sp³-hybridized carbons (Fsp3) is 0.400. The SMILES string of the molecule is CC1C(C)N(Cc2ccccc2)C(C)N1Cc1ccccc1. The lowest BCUT2D eigenvalue weighted by molar-refractivity contribution is 0.121. The maximum absolute atomic E-state index is 2.61. The maximum atomic E-state index is 2.61. The molecule has 1 heterocycles. The van der Waals surface area contributed by atoms with E-state index >= 15 is 0 Å². The van der Waals surface area contributed by atoms with E-state index in [4.69, 9.17) is 0 Å². The van der Waals surface area contributed by atoms with Crippen LogP contribution in [-0.4, -0.2) is 28.0 Å². The Hall–Kier alpha value is -1.64. The molecular formula is C20H26N2. The third-order valence-corrected chi connectivity index (χ3v) is 5.12. The molecule has 1 aliphatic heterocycles. The van der Waals surface area contributed by atoms with Crippen molar-refractivity contribution in [2.24, 2.45) is 0 Å². The number of nitrogens with zero attached hydrogens (tertiary/aromatic N) is 2. The van der Waals surface area contributed by atoms with Gasteiger partial charge in [0.25, 0.3) is 0 Å². The van der Waals surface area contributed by atoms with E-state index in [1.54, 1.807) is 0 Å². The zero-order valence-electron chi connectivity index (χ0n) is 13.8. The summed E-state index contributed by atoms with van der Waals surface area (Å²) in [6, 6.07) is 22.7. The molecule has 116 valence electrons. The molecular weight excluding hydrogens is 268 g/mol. The van der Waals surface area contributed by atoms with Crippen molar-refractivity contribution in [3.05, 3.63) is 71.8 Å². The Balaban J connectivity index is 1.74. The van der Waals surface area contributed by atoms with Crippen LogP contribution in [0.5, 0.6) is 0 Å². The first-order valence-electron chi connectivity index (χ1n) is 8.26. The quantitative estimate of drug-likeness (QED) is 0.836. The fourth-order valence-corrected chi connectivity index (χ4v) is 3.57. The molecule has 2 aromatic rings. The minimum Gasteiger partial charge on any atom is -0.280 e. The number of hydrogen-bond acceptors (Lipinski definition) is 2. The monoisotopic (exact) mass is 294 g/mol. The van der Waals surface area contributed by atoms with Gasteiger partial charge in [-0.05, 0) is 31.9 Å². The Labute approximate surface area is 134 Å². The van der Waals surface area contributed by atoms with Gasteiger partial charge in [-0.2, -0.15) is 0 Å². The van der Waals surface area contributed by atoms with Crippen molar-refractivity contribution in [2.75, 3.05) is 0 Å². The largest absolute Gasteiger partial charge is 0.280 e. The van der Waals surface area contributed by atoms with E-state index in [2.05, 4.69) is 91.2 Å². The Morgan fingerprint density at radius 3 is 1.36 bits per heavy atom. The molecule has 0 radical (unpaired) electrons. The lowest BCUT2D eigenvalue weighted by Crippen LogP contribution is -2.37. The number of rotatable bonds is 4. The summed E-state index contributed by atoms with van der Waals surface area (Å²) in [4.78, 5) is 5.23. The molecule has 0 aromatic heterocycles. The van der Waals surface area contributed by atoms with Crippen molar-refractivity contribution in [2.45, 2.75) is 52.1 Å². The second kappa shape index (κ2) is 6.64. The second-order valence-corrected chi connectivity index (χ2v) is 6.43. The van der Waals surface area contributed by atoms with Gasteiger partial charge >= 0.3 is 0 Å². The predicted octanol–water partition coefficient (Wildman–Crippen LogP) is 4.13. The minimum absolute atomic E-state index is 0.463. The lowest BCUT2D eigenvalue weighted by Gasteiger charge is -2.28. The maximum Gasteiger partial charge on any atom is 0.0605 e. The van der Waals surface area contributed by atoms with E-state index in [0.29, 0.717) is 18.2 Å². The fourth-order valence-electron chi connectivity index (χ4n) is 3.57. The highest BCUT2D eigenvalue weighted by Crippen LogP contribution is 2.29. The third-order valence-electron chi connectivity index (χ3n) is 5.12. The molecule has 0 aliphatic carbocycles. The number of hydrogen-bond donors (Lipinski definition) is 0. The summed E-state index contributed by atoms with van der Waals surface area (Å²) in [5.74, 6) is 0. The van der Waals surface area contributed by atoms with Gasteiger partial charge in [0.15, 0.2) is 0 Å². The molecule has 22 heavy (non-hydrogen) atoms. The van der Waals surface area contributed by atoms with Gasteiger partial charge in [-0.25, -0.2) is 0 Å². The van der Waals surface area contributed by atoms with Gasteiger partial charge in [-0.15, -0.1) is 0 Å². The first-order valence-corrected chi connectivity index (χ1v) is 8.26. The zero-order valence-corrected chi connectivity index (χ0v) is 13.8. The zero-order chi connectivity index (χ0) is 15.5. The van der Waals surface area contributed by atoms with Crippen LogP contribution in [0.25, 0.3) is 0 Å². The van der Waals surface area contributed by atoms with Crippen molar-refractivity contribution in [1.82, 2.24) is 9.80 Å². The Morgan fingerprint density at radius 2 is 1.00 bits per heavy atom. The van der Waals surface area contributed by atoms with Gasteiger partial charge < -0.3 is 0 Å². The van der Waals surface area contributed by atoms with Crippen molar-refractivity contribution in [1.29, 1.82) is 0 Å². The van der Waals surface area contributed by atoms with Crippen LogP contribution in [0, 0.1) is 0 Å². The van der Waals surface area contributed by atoms with Gasteiger partial charge in [-0.1, -0.05) is 60.7 Å². The van der Waals surface area contributed by atoms with Gasteiger partial charge in [0.2, 0.25) is 0 Å². The van der Waals surface area contributed by atoms with Crippen LogP contribution in [0.2, 0.25) is 0 Å². The molecule has 1 aliphatic rings. The first-order chi connectivity index (χ1) is 10.7. The predicted molar refractivity (Wildman–Crippen MR) is 92.4 cm³/mol. The van der Waals surface area contributed by atoms with Crippen molar-refractivity contribution in [3.8, 4) is 0 Å². The van der Waals surface area contributed by atoms with Crippen molar-refractivity contribution >= 4 is 0 Å². The average molecular weight is 294 g/mol. The molecule has 2 aromatic carbocycles. The Kier molecular flexibility index (Phi) is 4.60. The van der Waals surface area contributed by atoms with E-state index < -0.39 is 0 Å². The first kappa shape index (κ1) is 15.3. The molecule has 0 bridgehead atoms. The van der Waals surface area contributed by atoms with E-state index in [0.717, 1.165) is 13.1 Å². The average Bonchev–Trinajstić information content (AvgIpc) is 2.75. The van der Waals surface area contributed by atoms with Gasteiger partial charge in [0.1, 0.15) is 0 Å². The Bertz CT molecular complexity index is 528. The molecule has 1 fully saturated rings. The molecule has 0 spiro atoms. The Morgan fingerprint density at radius 1 is 0.636 bits per heavy atom. The van der Waals surface area contributed by atoms with Crippen LogP contribution in [0.4, 0.5) is 0 Å². The van der Waals surface area contributed by atoms with Crippen LogP contribution in [0.15, 0.2) is 60.7 Å². The summed E-state index contributed by atoms with van der Waals surface area (Å²) in [5.41, 5.74) is 2.80. The molecule has 3 rings (SSSR count). The topological polar surface area (TPSA) is 6.48 Å². The van der Waals surface area contributed by atoms with Crippen LogP contribution in [0.3, 0.4) is 0 Å². The smallest absolute Gasteiger partial charge is 0.0605 e. The second-order valence-electron chi connectivity index (χ2n) is 6.43. The van der Waals surface area contributed by atoms with Crippen molar-refractivity contribution in [3.63, 3.8) is 0 Å². The van der Waals surface area contributed by atoms with Gasteiger partial charge in [0, 0.05) is 25.2 Å². The normalized spacial score (nSPS) is 26.4. The number of benzene rings is 2. The lowest BCUT2D eigenvalue weighted by atomic mass is 10.1. The highest BCUT2D eigenvalue weighted by molar-refractivity contribution is 5.17. The van der Waals surface area contributed by atoms with E-state index in [1.807, 2.05) is 0 Å². The third kappa shape index (κ3) is 3.08. The molecule has 0 N–H and O–H groups in total. The summed E-state index contributed by atoms with van der Waals surface area (Å²) >= 11 is 0. The van der Waals surface area contributed by atoms with Crippen molar-refractivity contribution < 1.29 is 0 Å². The molecule has 2 atom stereocenters. The van der Waals surface area contributed by atoms with Crippen LogP contribution < -0.4 is 0 Å². The summed E-state index contributed by atoms with van der Waals surface area (Å²) in [5, 5.41) is 0. The molecule has 2 unspecified atom stereocenters. The van der Waals surface area contributed by atoms with E-state index in [9.17, 15) is 0 Å².